The molecule has 0 aliphatic heterocycles. The van der Waals surface area contributed by atoms with E-state index < -0.39 is 0 Å². The molecule has 1 saturated carbocycles. The molecule has 1 nitrogen and oxygen atoms in total. The summed E-state index contributed by atoms with van der Waals surface area (Å²) in [6.45, 7) is 6.90. The molecule has 0 bridgehead atoms. The van der Waals surface area contributed by atoms with E-state index >= 15 is 0 Å². The number of nitrogens with two attached hydrogens (primary N) is 1. The van der Waals surface area contributed by atoms with Crippen LogP contribution in [0.15, 0.2) is 24.3 Å². The molecule has 2 unspecified atom stereocenters. The molecule has 1 fully saturated rings. The number of benzene rings is 1. The van der Waals surface area contributed by atoms with Crippen molar-refractivity contribution in [1.29, 1.82) is 0 Å². The van der Waals surface area contributed by atoms with Gasteiger partial charge in [0.1, 0.15) is 0 Å². The lowest BCUT2D eigenvalue weighted by Gasteiger charge is -2.39. The highest BCUT2D eigenvalue weighted by atomic mass is 32.2. The van der Waals surface area contributed by atoms with E-state index in [4.69, 9.17) is 5.73 Å². The molecule has 0 saturated heterocycles. The third-order valence-electron chi connectivity index (χ3n) is 3.93. The van der Waals surface area contributed by atoms with E-state index in [0.717, 1.165) is 5.75 Å². The second-order valence-electron chi connectivity index (χ2n) is 6.41. The Kier molecular flexibility index (Phi) is 4.39. The van der Waals surface area contributed by atoms with Crippen molar-refractivity contribution in [3.63, 3.8) is 0 Å². The molecule has 1 aromatic carbocycles. The molecule has 0 amide bonds. The predicted molar refractivity (Wildman–Crippen MR) is 81.9 cm³/mol. The molecule has 18 heavy (non-hydrogen) atoms. The minimum absolute atomic E-state index is 0.382. The molecular formula is C16H25NS. The molecule has 1 aliphatic rings. The Bertz CT molecular complexity index is 400. The first-order valence-corrected chi connectivity index (χ1v) is 7.94. The highest BCUT2D eigenvalue weighted by Crippen LogP contribution is 2.40. The summed E-state index contributed by atoms with van der Waals surface area (Å²) in [4.78, 5) is 0. The summed E-state index contributed by atoms with van der Waals surface area (Å²) in [5.74, 6) is 1.09. The van der Waals surface area contributed by atoms with Gasteiger partial charge in [-0.15, -0.1) is 0 Å². The summed E-state index contributed by atoms with van der Waals surface area (Å²) in [6, 6.07) is 9.19. The first-order chi connectivity index (χ1) is 8.46. The van der Waals surface area contributed by atoms with Crippen molar-refractivity contribution in [2.45, 2.75) is 57.1 Å². The molecule has 1 aliphatic carbocycles. The average Bonchev–Trinajstić information content (AvgIpc) is 2.30. The Labute approximate surface area is 116 Å². The van der Waals surface area contributed by atoms with Crippen LogP contribution >= 0.6 is 11.8 Å². The Morgan fingerprint density at radius 3 is 2.89 bits per heavy atom. The van der Waals surface area contributed by atoms with Gasteiger partial charge < -0.3 is 5.73 Å². The fraction of sp³-hybridized carbons (Fsp3) is 0.625. The van der Waals surface area contributed by atoms with Gasteiger partial charge in [0.05, 0.1) is 0 Å². The summed E-state index contributed by atoms with van der Waals surface area (Å²) in [5, 5.41) is 0.620. The minimum atomic E-state index is 0.382. The largest absolute Gasteiger partial charge is 0.327 e. The van der Waals surface area contributed by atoms with Gasteiger partial charge >= 0.3 is 0 Å². The van der Waals surface area contributed by atoms with Crippen molar-refractivity contribution >= 4 is 11.8 Å². The van der Waals surface area contributed by atoms with Crippen molar-refractivity contribution in [2.24, 2.45) is 11.1 Å². The highest BCUT2D eigenvalue weighted by molar-refractivity contribution is 7.99. The van der Waals surface area contributed by atoms with Crippen molar-refractivity contribution in [3.8, 4) is 0 Å². The SMILES string of the molecule is Cc1cccc(CSC2CC(C)(C)CCC2N)c1. The van der Waals surface area contributed by atoms with Crippen LogP contribution in [0.3, 0.4) is 0 Å². The zero-order valence-corrected chi connectivity index (χ0v) is 12.6. The Morgan fingerprint density at radius 2 is 2.17 bits per heavy atom. The maximum atomic E-state index is 6.27. The van der Waals surface area contributed by atoms with E-state index in [9.17, 15) is 0 Å². The fourth-order valence-corrected chi connectivity index (χ4v) is 4.27. The zero-order chi connectivity index (χ0) is 13.2. The monoisotopic (exact) mass is 263 g/mol. The summed E-state index contributed by atoms with van der Waals surface area (Å²) < 4.78 is 0. The maximum Gasteiger partial charge on any atom is 0.0207 e. The molecule has 0 heterocycles. The van der Waals surface area contributed by atoms with Gasteiger partial charge in [0, 0.05) is 17.0 Å². The standard InChI is InChI=1S/C16H25NS/c1-12-5-4-6-13(9-12)11-18-15-10-16(2,3)8-7-14(15)17/h4-6,9,14-15H,7-8,10-11,17H2,1-3H3. The van der Waals surface area contributed by atoms with Crippen LogP contribution in [-0.4, -0.2) is 11.3 Å². The second-order valence-corrected chi connectivity index (χ2v) is 7.64. The van der Waals surface area contributed by atoms with Gasteiger partial charge in [-0.1, -0.05) is 43.7 Å². The molecule has 0 aromatic heterocycles. The number of thioether (sulfide) groups is 1. The van der Waals surface area contributed by atoms with E-state index in [1.165, 1.54) is 30.4 Å². The van der Waals surface area contributed by atoms with Crippen molar-refractivity contribution < 1.29 is 0 Å². The second kappa shape index (κ2) is 5.66. The number of aryl methyl sites for hydroxylation is 1. The third-order valence-corrected chi connectivity index (χ3v) is 5.38. The number of hydrogen-bond acceptors (Lipinski definition) is 2. The minimum Gasteiger partial charge on any atom is -0.327 e. The van der Waals surface area contributed by atoms with Gasteiger partial charge in [-0.3, -0.25) is 0 Å². The maximum absolute atomic E-state index is 6.27. The quantitative estimate of drug-likeness (QED) is 0.887. The van der Waals surface area contributed by atoms with E-state index in [-0.39, 0.29) is 0 Å². The van der Waals surface area contributed by atoms with E-state index in [1.54, 1.807) is 0 Å². The van der Waals surface area contributed by atoms with Crippen LogP contribution < -0.4 is 5.73 Å². The molecule has 1 aromatic rings. The van der Waals surface area contributed by atoms with Gasteiger partial charge in [0.2, 0.25) is 0 Å². The van der Waals surface area contributed by atoms with Crippen LogP contribution in [-0.2, 0) is 5.75 Å². The Hall–Kier alpha value is -0.470. The average molecular weight is 263 g/mol. The summed E-state index contributed by atoms with van der Waals surface area (Å²) in [6.07, 6.45) is 3.71. The smallest absolute Gasteiger partial charge is 0.0207 e. The Balaban J connectivity index is 1.92. The lowest BCUT2D eigenvalue weighted by molar-refractivity contribution is 0.232. The third kappa shape index (κ3) is 3.76. The first-order valence-electron chi connectivity index (χ1n) is 6.89. The number of hydrogen-bond donors (Lipinski definition) is 1. The van der Waals surface area contributed by atoms with Crippen molar-refractivity contribution in [2.75, 3.05) is 0 Å². The highest BCUT2D eigenvalue weighted by Gasteiger charge is 2.33. The van der Waals surface area contributed by atoms with Crippen LogP contribution in [0.1, 0.15) is 44.2 Å². The van der Waals surface area contributed by atoms with E-state index in [0.29, 0.717) is 16.7 Å². The normalized spacial score (nSPS) is 27.1. The summed E-state index contributed by atoms with van der Waals surface area (Å²) in [7, 11) is 0. The van der Waals surface area contributed by atoms with Crippen molar-refractivity contribution in [3.05, 3.63) is 35.4 Å². The first kappa shape index (κ1) is 14.0. The van der Waals surface area contributed by atoms with Crippen LogP contribution in [0.2, 0.25) is 0 Å². The molecule has 0 radical (unpaired) electrons. The lowest BCUT2D eigenvalue weighted by Crippen LogP contribution is -2.41. The molecule has 2 N–H and O–H groups in total. The number of rotatable bonds is 3. The van der Waals surface area contributed by atoms with Gasteiger partial charge in [0.25, 0.3) is 0 Å². The van der Waals surface area contributed by atoms with Crippen LogP contribution in [0.25, 0.3) is 0 Å². The molecular weight excluding hydrogens is 238 g/mol. The molecule has 100 valence electrons. The van der Waals surface area contributed by atoms with Gasteiger partial charge in [-0.05, 0) is 37.2 Å². The van der Waals surface area contributed by atoms with E-state index in [1.807, 2.05) is 11.8 Å². The van der Waals surface area contributed by atoms with Crippen LogP contribution in [0.5, 0.6) is 0 Å². The zero-order valence-electron chi connectivity index (χ0n) is 11.8. The van der Waals surface area contributed by atoms with Crippen LogP contribution in [0.4, 0.5) is 0 Å². The fourth-order valence-electron chi connectivity index (χ4n) is 2.73. The van der Waals surface area contributed by atoms with Gasteiger partial charge in [0.15, 0.2) is 0 Å². The topological polar surface area (TPSA) is 26.0 Å². The van der Waals surface area contributed by atoms with Crippen LogP contribution in [0, 0.1) is 12.3 Å². The van der Waals surface area contributed by atoms with Gasteiger partial charge in [-0.25, -0.2) is 0 Å². The predicted octanol–water partition coefficient (Wildman–Crippen LogP) is 4.13. The molecule has 2 atom stereocenters. The molecule has 2 heteroatoms. The summed E-state index contributed by atoms with van der Waals surface area (Å²) >= 11 is 2.04. The Morgan fingerprint density at radius 1 is 1.39 bits per heavy atom. The summed E-state index contributed by atoms with van der Waals surface area (Å²) in [5.41, 5.74) is 9.52. The van der Waals surface area contributed by atoms with E-state index in [2.05, 4.69) is 45.0 Å². The lowest BCUT2D eigenvalue weighted by atomic mass is 9.75. The molecule has 2 rings (SSSR count). The molecule has 0 spiro atoms. The van der Waals surface area contributed by atoms with Gasteiger partial charge in [-0.2, -0.15) is 11.8 Å². The van der Waals surface area contributed by atoms with Crippen molar-refractivity contribution in [1.82, 2.24) is 0 Å².